The molecule has 0 spiro atoms. The first-order valence-electron chi connectivity index (χ1n) is 7.88. The number of carbonyl (C=O) groups excluding carboxylic acids is 1. The summed E-state index contributed by atoms with van der Waals surface area (Å²) in [6, 6.07) is 13.6. The normalized spacial score (nSPS) is 26.5. The van der Waals surface area contributed by atoms with E-state index < -0.39 is 0 Å². The molecule has 114 valence electrons. The number of amides is 1. The number of rotatable bonds is 3. The Morgan fingerprint density at radius 2 is 2.18 bits per heavy atom. The molecule has 2 aromatic rings. The molecule has 0 aromatic heterocycles. The van der Waals surface area contributed by atoms with Crippen molar-refractivity contribution in [2.45, 2.75) is 42.3 Å². The molecule has 1 amide bonds. The van der Waals surface area contributed by atoms with E-state index in [4.69, 9.17) is 0 Å². The molecule has 22 heavy (non-hydrogen) atoms. The van der Waals surface area contributed by atoms with Crippen LogP contribution in [0.15, 0.2) is 41.3 Å². The van der Waals surface area contributed by atoms with Gasteiger partial charge < -0.3 is 10.6 Å². The lowest BCUT2D eigenvalue weighted by Crippen LogP contribution is -2.42. The Bertz CT molecular complexity index is 730. The van der Waals surface area contributed by atoms with E-state index in [1.165, 1.54) is 23.1 Å². The lowest BCUT2D eigenvalue weighted by atomic mass is 9.95. The molecule has 2 aliphatic heterocycles. The summed E-state index contributed by atoms with van der Waals surface area (Å²) in [5.41, 5.74) is 0.761. The molecule has 4 rings (SSSR count). The van der Waals surface area contributed by atoms with Crippen LogP contribution in [0.4, 0.5) is 0 Å². The predicted octanol–water partition coefficient (Wildman–Crippen LogP) is 3.18. The Labute approximate surface area is 134 Å². The average Bonchev–Trinajstić information content (AvgIpc) is 3.16. The summed E-state index contributed by atoms with van der Waals surface area (Å²) >= 11 is 1.72. The van der Waals surface area contributed by atoms with Gasteiger partial charge in [0.1, 0.15) is 0 Å². The molecule has 0 radical (unpaired) electrons. The van der Waals surface area contributed by atoms with Crippen molar-refractivity contribution in [3.8, 4) is 0 Å². The van der Waals surface area contributed by atoms with E-state index in [0.29, 0.717) is 12.1 Å². The second kappa shape index (κ2) is 5.60. The van der Waals surface area contributed by atoms with Gasteiger partial charge in [-0.25, -0.2) is 0 Å². The van der Waals surface area contributed by atoms with E-state index in [1.54, 1.807) is 11.8 Å². The van der Waals surface area contributed by atoms with Gasteiger partial charge in [-0.05, 0) is 54.5 Å². The van der Waals surface area contributed by atoms with Gasteiger partial charge in [0.05, 0.1) is 0 Å². The van der Waals surface area contributed by atoms with Crippen LogP contribution in [0.1, 0.15) is 29.6 Å². The maximum atomic E-state index is 12.6. The predicted molar refractivity (Wildman–Crippen MR) is 91.5 cm³/mol. The van der Waals surface area contributed by atoms with Gasteiger partial charge in [-0.15, -0.1) is 11.8 Å². The smallest absolute Gasteiger partial charge is 0.251 e. The molecule has 0 saturated carbocycles. The Hall–Kier alpha value is -1.52. The van der Waals surface area contributed by atoms with Crippen LogP contribution in [-0.2, 0) is 0 Å². The second-order valence-corrected chi connectivity index (χ2v) is 7.11. The third kappa shape index (κ3) is 2.40. The lowest BCUT2D eigenvalue weighted by molar-refractivity contribution is 0.0931. The number of carbonyl (C=O) groups is 1. The summed E-state index contributed by atoms with van der Waals surface area (Å²) in [6.07, 6.45) is 5.58. The van der Waals surface area contributed by atoms with Crippen LogP contribution in [0.2, 0.25) is 0 Å². The minimum absolute atomic E-state index is 0.0529. The highest BCUT2D eigenvalue weighted by atomic mass is 32.2. The minimum Gasteiger partial charge on any atom is -0.348 e. The number of hydrogen-bond donors (Lipinski definition) is 2. The van der Waals surface area contributed by atoms with Crippen molar-refractivity contribution in [3.63, 3.8) is 0 Å². The second-order valence-electron chi connectivity index (χ2n) is 6.26. The highest BCUT2D eigenvalue weighted by Gasteiger charge is 2.39. The fourth-order valence-corrected chi connectivity index (χ4v) is 4.41. The summed E-state index contributed by atoms with van der Waals surface area (Å²) in [4.78, 5) is 13.8. The maximum Gasteiger partial charge on any atom is 0.251 e. The Morgan fingerprint density at radius 3 is 2.91 bits per heavy atom. The Balaban J connectivity index is 1.59. The SMILES string of the molecule is CSc1cccc2ccc(C(=O)N[C@@H]3C[C@H]4CC[C@@H]3N4)cc12. The van der Waals surface area contributed by atoms with Crippen LogP contribution in [0, 0.1) is 0 Å². The standard InChI is InChI=1S/C18H20N2OS/c1-22-17-4-2-3-11-5-6-12(9-14(11)17)18(21)20-16-10-13-7-8-15(16)19-13/h2-6,9,13,15-16,19H,7-8,10H2,1H3,(H,20,21)/t13-,15+,16-/m1/s1. The van der Waals surface area contributed by atoms with Crippen molar-refractivity contribution in [2.24, 2.45) is 0 Å². The van der Waals surface area contributed by atoms with Crippen molar-refractivity contribution in [3.05, 3.63) is 42.0 Å². The van der Waals surface area contributed by atoms with Crippen LogP contribution in [0.5, 0.6) is 0 Å². The van der Waals surface area contributed by atoms with Gasteiger partial charge in [-0.1, -0.05) is 18.2 Å². The maximum absolute atomic E-state index is 12.6. The molecular weight excluding hydrogens is 292 g/mol. The van der Waals surface area contributed by atoms with Gasteiger partial charge in [-0.2, -0.15) is 0 Å². The molecule has 2 fully saturated rings. The monoisotopic (exact) mass is 312 g/mol. The van der Waals surface area contributed by atoms with Gasteiger partial charge in [0.15, 0.2) is 0 Å². The van der Waals surface area contributed by atoms with E-state index in [9.17, 15) is 4.79 Å². The number of hydrogen-bond acceptors (Lipinski definition) is 3. The molecule has 2 N–H and O–H groups in total. The van der Waals surface area contributed by atoms with Gasteiger partial charge in [0.25, 0.3) is 5.91 Å². The van der Waals surface area contributed by atoms with Crippen molar-refractivity contribution in [1.29, 1.82) is 0 Å². The first-order valence-corrected chi connectivity index (χ1v) is 9.11. The van der Waals surface area contributed by atoms with E-state index in [2.05, 4.69) is 35.1 Å². The molecule has 2 bridgehead atoms. The first-order chi connectivity index (χ1) is 10.7. The summed E-state index contributed by atoms with van der Waals surface area (Å²) in [5.74, 6) is 0.0529. The number of fused-ring (bicyclic) bond motifs is 3. The van der Waals surface area contributed by atoms with Crippen molar-refractivity contribution in [2.75, 3.05) is 6.26 Å². The summed E-state index contributed by atoms with van der Waals surface area (Å²) < 4.78 is 0. The van der Waals surface area contributed by atoms with Crippen LogP contribution in [0.3, 0.4) is 0 Å². The van der Waals surface area contributed by atoms with Crippen molar-refractivity contribution in [1.82, 2.24) is 10.6 Å². The molecular formula is C18H20N2OS. The van der Waals surface area contributed by atoms with Crippen molar-refractivity contribution >= 4 is 28.4 Å². The van der Waals surface area contributed by atoms with Crippen LogP contribution >= 0.6 is 11.8 Å². The quantitative estimate of drug-likeness (QED) is 0.855. The zero-order chi connectivity index (χ0) is 15.1. The molecule has 0 aliphatic carbocycles. The van der Waals surface area contributed by atoms with E-state index in [0.717, 1.165) is 17.4 Å². The number of nitrogens with one attached hydrogen (secondary N) is 2. The molecule has 2 heterocycles. The first kappa shape index (κ1) is 14.1. The average molecular weight is 312 g/mol. The van der Waals surface area contributed by atoms with Crippen LogP contribution in [0.25, 0.3) is 10.8 Å². The van der Waals surface area contributed by atoms with Crippen LogP contribution in [-0.4, -0.2) is 30.3 Å². The van der Waals surface area contributed by atoms with Gasteiger partial charge in [-0.3, -0.25) is 4.79 Å². The third-order valence-electron chi connectivity index (χ3n) is 4.94. The fourth-order valence-electron chi connectivity index (χ4n) is 3.80. The number of thioether (sulfide) groups is 1. The fraction of sp³-hybridized carbons (Fsp3) is 0.389. The van der Waals surface area contributed by atoms with E-state index in [-0.39, 0.29) is 11.9 Å². The van der Waals surface area contributed by atoms with E-state index >= 15 is 0 Å². The van der Waals surface area contributed by atoms with Gasteiger partial charge in [0.2, 0.25) is 0 Å². The molecule has 3 atom stereocenters. The highest BCUT2D eigenvalue weighted by molar-refractivity contribution is 7.98. The van der Waals surface area contributed by atoms with Gasteiger partial charge in [0, 0.05) is 28.6 Å². The van der Waals surface area contributed by atoms with Gasteiger partial charge >= 0.3 is 0 Å². The Morgan fingerprint density at radius 1 is 1.27 bits per heavy atom. The molecule has 2 saturated heterocycles. The molecule has 2 aliphatic rings. The largest absolute Gasteiger partial charge is 0.348 e. The summed E-state index contributed by atoms with van der Waals surface area (Å²) in [7, 11) is 0. The zero-order valence-corrected chi connectivity index (χ0v) is 13.5. The summed E-state index contributed by atoms with van der Waals surface area (Å²) in [5, 5.41) is 9.13. The minimum atomic E-state index is 0.0529. The molecule has 3 nitrogen and oxygen atoms in total. The van der Waals surface area contributed by atoms with Crippen molar-refractivity contribution < 1.29 is 4.79 Å². The highest BCUT2D eigenvalue weighted by Crippen LogP contribution is 2.29. The molecule has 4 heteroatoms. The molecule has 2 aromatic carbocycles. The molecule has 0 unspecified atom stereocenters. The number of benzene rings is 2. The van der Waals surface area contributed by atoms with E-state index in [1.807, 2.05) is 18.2 Å². The Kier molecular flexibility index (Phi) is 3.59. The topological polar surface area (TPSA) is 41.1 Å². The van der Waals surface area contributed by atoms with Crippen LogP contribution < -0.4 is 10.6 Å². The summed E-state index contributed by atoms with van der Waals surface area (Å²) in [6.45, 7) is 0. The third-order valence-corrected chi connectivity index (χ3v) is 5.74. The zero-order valence-electron chi connectivity index (χ0n) is 12.6. The lowest BCUT2D eigenvalue weighted by Gasteiger charge is -2.21.